The number of hydrogen-bond acceptors (Lipinski definition) is 6. The Morgan fingerprint density at radius 3 is 2.24 bits per heavy atom. The molecule has 5 atom stereocenters. The van der Waals surface area contributed by atoms with Gasteiger partial charge in [0, 0.05) is 17.0 Å². The first-order valence-corrected chi connectivity index (χ1v) is 18.5. The minimum atomic E-state index is -4.44. The Kier molecular flexibility index (Phi) is 16.1. The van der Waals surface area contributed by atoms with Crippen molar-refractivity contribution >= 4 is 34.3 Å². The molecule has 4 rings (SSSR count). The molecule has 2 unspecified atom stereocenters. The van der Waals surface area contributed by atoms with Gasteiger partial charge >= 0.3 is 6.18 Å². The van der Waals surface area contributed by atoms with Gasteiger partial charge in [-0.05, 0) is 54.1 Å². The van der Waals surface area contributed by atoms with Gasteiger partial charge in [-0.2, -0.15) is 24.9 Å². The molecule has 276 valence electrons. The van der Waals surface area contributed by atoms with Crippen LogP contribution in [0, 0.1) is 5.92 Å². The summed E-state index contributed by atoms with van der Waals surface area (Å²) in [5.41, 5.74) is 1.80. The average Bonchev–Trinajstić information content (AvgIpc) is 3.54. The lowest BCUT2D eigenvalue weighted by Crippen LogP contribution is -2.55. The van der Waals surface area contributed by atoms with Crippen molar-refractivity contribution in [1.82, 2.24) is 15.5 Å². The first kappa shape index (κ1) is 41.3. The lowest BCUT2D eigenvalue weighted by Gasteiger charge is -2.33. The van der Waals surface area contributed by atoms with E-state index in [1.54, 1.807) is 36.0 Å². The number of thioether (sulfide) groups is 1. The standard InChI is InChI=1S/C36H46F3N3O4S.C3H8/c1-35(2,3)47-23-27(20-26-15-9-14-25-13-7-8-16-28(25)26)34(46)40-21-32(44)41-29(19-24-11-5-4-6-12-24)33(45)30(43)22-42-18-10-17-31(42)36(37,38)39;1-3-2/h4-9,11-16,27,29-31,33,43,45H,10,17-23H2,1-3H3,(H,40,46)(H,41,44);3H2,1-2H3/t27-,29+,30?,31?,33-;/m1./s1. The predicted molar refractivity (Wildman–Crippen MR) is 197 cm³/mol. The van der Waals surface area contributed by atoms with Crippen LogP contribution in [0.2, 0.25) is 0 Å². The quantitative estimate of drug-likeness (QED) is 0.151. The number of nitrogens with zero attached hydrogens (tertiary/aromatic N) is 1. The summed E-state index contributed by atoms with van der Waals surface area (Å²) in [4.78, 5) is 27.9. The smallest absolute Gasteiger partial charge is 0.389 e. The molecule has 7 nitrogen and oxygen atoms in total. The highest BCUT2D eigenvalue weighted by Gasteiger charge is 2.46. The molecule has 3 aromatic carbocycles. The Bertz CT molecular complexity index is 1480. The summed E-state index contributed by atoms with van der Waals surface area (Å²) in [6.45, 7) is 9.90. The fourth-order valence-electron chi connectivity index (χ4n) is 6.04. The number of alkyl halides is 3. The normalized spacial score (nSPS) is 17.7. The van der Waals surface area contributed by atoms with Crippen LogP contribution >= 0.6 is 11.8 Å². The molecule has 0 bridgehead atoms. The molecule has 2 amide bonds. The van der Waals surface area contributed by atoms with E-state index in [2.05, 4.69) is 45.3 Å². The van der Waals surface area contributed by atoms with Crippen LogP contribution in [0.3, 0.4) is 0 Å². The van der Waals surface area contributed by atoms with E-state index in [-0.39, 0.29) is 43.1 Å². The molecule has 3 aromatic rings. The maximum absolute atomic E-state index is 13.5. The van der Waals surface area contributed by atoms with Gasteiger partial charge in [-0.25, -0.2) is 0 Å². The number of nitrogens with one attached hydrogen (secondary N) is 2. The first-order valence-electron chi connectivity index (χ1n) is 17.5. The van der Waals surface area contributed by atoms with Crippen molar-refractivity contribution in [3.05, 3.63) is 83.9 Å². The van der Waals surface area contributed by atoms with E-state index in [0.29, 0.717) is 18.6 Å². The van der Waals surface area contributed by atoms with E-state index < -0.39 is 42.3 Å². The van der Waals surface area contributed by atoms with E-state index in [4.69, 9.17) is 0 Å². The van der Waals surface area contributed by atoms with Crippen LogP contribution in [-0.2, 0) is 22.4 Å². The van der Waals surface area contributed by atoms with Crippen LogP contribution in [-0.4, -0.2) is 87.5 Å². The van der Waals surface area contributed by atoms with Crippen LogP contribution < -0.4 is 10.6 Å². The Labute approximate surface area is 299 Å². The third-order valence-electron chi connectivity index (χ3n) is 8.47. The molecule has 0 aliphatic carbocycles. The van der Waals surface area contributed by atoms with Gasteiger partial charge < -0.3 is 20.8 Å². The van der Waals surface area contributed by atoms with E-state index in [0.717, 1.165) is 26.8 Å². The number of aliphatic hydroxyl groups excluding tert-OH is 2. The maximum Gasteiger partial charge on any atom is 0.404 e. The van der Waals surface area contributed by atoms with Gasteiger partial charge in [0.15, 0.2) is 0 Å². The molecule has 50 heavy (non-hydrogen) atoms. The lowest BCUT2D eigenvalue weighted by atomic mass is 9.95. The lowest BCUT2D eigenvalue weighted by molar-refractivity contribution is -0.180. The largest absolute Gasteiger partial charge is 0.404 e. The number of β-amino-alcohol motifs (C(OH)–C–C–N with tert-alkyl or cyclic N) is 1. The summed E-state index contributed by atoms with van der Waals surface area (Å²) in [6.07, 6.45) is -5.39. The van der Waals surface area contributed by atoms with E-state index in [9.17, 15) is 33.0 Å². The van der Waals surface area contributed by atoms with Crippen molar-refractivity contribution in [3.8, 4) is 0 Å². The zero-order chi connectivity index (χ0) is 36.9. The third-order valence-corrected chi connectivity index (χ3v) is 9.91. The van der Waals surface area contributed by atoms with Crippen molar-refractivity contribution in [2.45, 2.75) is 102 Å². The molecule has 0 radical (unpaired) electrons. The monoisotopic (exact) mass is 717 g/mol. The van der Waals surface area contributed by atoms with Gasteiger partial charge in [0.1, 0.15) is 12.1 Å². The maximum atomic E-state index is 13.5. The van der Waals surface area contributed by atoms with Crippen molar-refractivity contribution in [2.24, 2.45) is 5.92 Å². The van der Waals surface area contributed by atoms with Crippen molar-refractivity contribution in [1.29, 1.82) is 0 Å². The molecule has 0 saturated carbocycles. The van der Waals surface area contributed by atoms with Crippen LogP contribution in [0.1, 0.15) is 65.0 Å². The van der Waals surface area contributed by atoms with Crippen LogP contribution in [0.15, 0.2) is 72.8 Å². The highest BCUT2D eigenvalue weighted by Crippen LogP contribution is 2.33. The number of aliphatic hydroxyl groups is 2. The van der Waals surface area contributed by atoms with Crippen molar-refractivity contribution in [3.63, 3.8) is 0 Å². The minimum Gasteiger partial charge on any atom is -0.389 e. The highest BCUT2D eigenvalue weighted by molar-refractivity contribution is 8.00. The molecule has 1 heterocycles. The second-order valence-electron chi connectivity index (χ2n) is 14.0. The number of carbonyl (C=O) groups is 2. The number of rotatable bonds is 14. The summed E-state index contributed by atoms with van der Waals surface area (Å²) < 4.78 is 40.4. The van der Waals surface area contributed by atoms with E-state index in [1.807, 2.05) is 48.5 Å². The number of likely N-dealkylation sites (tertiary alicyclic amines) is 1. The predicted octanol–water partition coefficient (Wildman–Crippen LogP) is 6.54. The third kappa shape index (κ3) is 13.2. The summed E-state index contributed by atoms with van der Waals surface area (Å²) in [7, 11) is 0. The first-order chi connectivity index (χ1) is 23.6. The summed E-state index contributed by atoms with van der Waals surface area (Å²) in [5, 5.41) is 29.6. The molecule has 1 aliphatic rings. The van der Waals surface area contributed by atoms with E-state index in [1.165, 1.54) is 6.42 Å². The second-order valence-corrected chi connectivity index (χ2v) is 15.9. The number of halogens is 3. The van der Waals surface area contributed by atoms with Crippen LogP contribution in [0.25, 0.3) is 10.8 Å². The summed E-state index contributed by atoms with van der Waals surface area (Å²) >= 11 is 1.67. The SMILES string of the molecule is CC(C)(C)SC[C@@H](Cc1cccc2ccccc12)C(=O)NCC(=O)N[C@@H](Cc1ccccc1)[C@@H](O)C(O)CN1CCCC1C(F)(F)F.CCC. The van der Waals surface area contributed by atoms with Gasteiger partial charge in [0.25, 0.3) is 0 Å². The molecule has 1 saturated heterocycles. The Balaban J connectivity index is 0.00000217. The summed E-state index contributed by atoms with van der Waals surface area (Å²) in [6, 6.07) is 20.3. The average molecular weight is 718 g/mol. The zero-order valence-electron chi connectivity index (χ0n) is 29.9. The van der Waals surface area contributed by atoms with Gasteiger partial charge in [-0.15, -0.1) is 0 Å². The summed E-state index contributed by atoms with van der Waals surface area (Å²) in [5.74, 6) is -0.742. The number of carbonyl (C=O) groups excluding carboxylic acids is 2. The molecule has 4 N–H and O–H groups in total. The molecule has 0 aromatic heterocycles. The second kappa shape index (κ2) is 19.5. The molecule has 11 heteroatoms. The minimum absolute atomic E-state index is 0.0635. The molecular formula is C39H54F3N3O4S. The molecule has 1 aliphatic heterocycles. The topological polar surface area (TPSA) is 102 Å². The van der Waals surface area contributed by atoms with Gasteiger partial charge in [-0.3, -0.25) is 14.5 Å². The highest BCUT2D eigenvalue weighted by atomic mass is 32.2. The number of hydrogen-bond donors (Lipinski definition) is 4. The van der Waals surface area contributed by atoms with Gasteiger partial charge in [0.2, 0.25) is 11.8 Å². The van der Waals surface area contributed by atoms with Crippen molar-refractivity contribution < 1.29 is 33.0 Å². The molecule has 1 fully saturated rings. The van der Waals surface area contributed by atoms with Crippen LogP contribution in [0.4, 0.5) is 13.2 Å². The van der Waals surface area contributed by atoms with Crippen molar-refractivity contribution in [2.75, 3.05) is 25.4 Å². The van der Waals surface area contributed by atoms with E-state index >= 15 is 0 Å². The Hall–Kier alpha value is -3.12. The fraction of sp³-hybridized carbons (Fsp3) is 0.538. The zero-order valence-corrected chi connectivity index (χ0v) is 30.7. The Morgan fingerprint density at radius 2 is 1.58 bits per heavy atom. The number of amides is 2. The fourth-order valence-corrected chi connectivity index (χ4v) is 7.01. The van der Waals surface area contributed by atoms with Gasteiger partial charge in [0.05, 0.1) is 24.6 Å². The molecule has 0 spiro atoms. The van der Waals surface area contributed by atoms with Crippen LogP contribution in [0.5, 0.6) is 0 Å². The Morgan fingerprint density at radius 1 is 0.940 bits per heavy atom. The molecular weight excluding hydrogens is 664 g/mol. The number of fused-ring (bicyclic) bond motifs is 1. The number of benzene rings is 3. The van der Waals surface area contributed by atoms with Gasteiger partial charge in [-0.1, -0.05) is 114 Å².